The van der Waals surface area contributed by atoms with E-state index < -0.39 is 10.1 Å². The fourth-order valence-electron chi connectivity index (χ4n) is 2.40. The molecule has 1 fully saturated rings. The molecule has 24 heavy (non-hydrogen) atoms. The van der Waals surface area contributed by atoms with Gasteiger partial charge in [0.25, 0.3) is 0 Å². The number of benzene rings is 2. The molecule has 0 radical (unpaired) electrons. The van der Waals surface area contributed by atoms with Crippen molar-refractivity contribution in [2.24, 2.45) is 0 Å². The standard InChI is InChI=1S/C17H15NO5S/c1-12-2-6-14(7-3-12)23-24(21,22)15-8-4-13(5-9-15)18-16(19)10-11-17(18)20/h2-9H,10-11H2,1H3. The summed E-state index contributed by atoms with van der Waals surface area (Å²) in [6, 6.07) is 12.1. The fraction of sp³-hybridized carbons (Fsp3) is 0.176. The third kappa shape index (κ3) is 3.16. The lowest BCUT2D eigenvalue weighted by Crippen LogP contribution is -2.28. The summed E-state index contributed by atoms with van der Waals surface area (Å²) in [6.45, 7) is 1.89. The Hall–Kier alpha value is -2.67. The van der Waals surface area contributed by atoms with Gasteiger partial charge in [0.2, 0.25) is 11.8 Å². The second kappa shape index (κ2) is 6.09. The first-order valence-electron chi connectivity index (χ1n) is 7.34. The Kier molecular flexibility index (Phi) is 4.11. The van der Waals surface area contributed by atoms with Crippen molar-refractivity contribution in [1.29, 1.82) is 0 Å². The molecule has 3 rings (SSSR count). The van der Waals surface area contributed by atoms with Crippen LogP contribution in [0.3, 0.4) is 0 Å². The minimum absolute atomic E-state index is 0.0501. The molecule has 0 atom stereocenters. The molecule has 7 heteroatoms. The molecule has 0 N–H and O–H groups in total. The normalized spacial score (nSPS) is 15.0. The van der Waals surface area contributed by atoms with Crippen molar-refractivity contribution in [3.63, 3.8) is 0 Å². The molecule has 1 heterocycles. The van der Waals surface area contributed by atoms with Gasteiger partial charge in [0.05, 0.1) is 5.69 Å². The van der Waals surface area contributed by atoms with Crippen LogP contribution in [0.1, 0.15) is 18.4 Å². The molecule has 0 bridgehead atoms. The van der Waals surface area contributed by atoms with Gasteiger partial charge in [0.1, 0.15) is 10.6 Å². The molecule has 2 aromatic rings. The van der Waals surface area contributed by atoms with Crippen LogP contribution < -0.4 is 9.08 Å². The van der Waals surface area contributed by atoms with Gasteiger partial charge in [0.15, 0.2) is 0 Å². The Bertz CT molecular complexity index is 870. The number of rotatable bonds is 4. The summed E-state index contributed by atoms with van der Waals surface area (Å²) in [5, 5.41) is 0. The van der Waals surface area contributed by atoms with E-state index in [9.17, 15) is 18.0 Å². The lowest BCUT2D eigenvalue weighted by atomic mass is 10.2. The van der Waals surface area contributed by atoms with Gasteiger partial charge < -0.3 is 4.18 Å². The van der Waals surface area contributed by atoms with Gasteiger partial charge in [-0.05, 0) is 43.3 Å². The van der Waals surface area contributed by atoms with Crippen LogP contribution in [0.25, 0.3) is 0 Å². The lowest BCUT2D eigenvalue weighted by Gasteiger charge is -2.14. The number of carbonyl (C=O) groups is 2. The zero-order valence-electron chi connectivity index (χ0n) is 12.9. The summed E-state index contributed by atoms with van der Waals surface area (Å²) in [4.78, 5) is 24.4. The van der Waals surface area contributed by atoms with Crippen molar-refractivity contribution in [1.82, 2.24) is 0 Å². The number of hydrogen-bond acceptors (Lipinski definition) is 5. The van der Waals surface area contributed by atoms with Gasteiger partial charge in [-0.1, -0.05) is 17.7 Å². The quantitative estimate of drug-likeness (QED) is 0.628. The third-order valence-corrected chi connectivity index (χ3v) is 4.92. The molecule has 0 aliphatic carbocycles. The summed E-state index contributed by atoms with van der Waals surface area (Å²) < 4.78 is 29.6. The van der Waals surface area contributed by atoms with Crippen LogP contribution in [-0.4, -0.2) is 20.2 Å². The second-order valence-corrected chi connectivity index (χ2v) is 7.01. The van der Waals surface area contributed by atoms with E-state index >= 15 is 0 Å². The molecule has 1 saturated heterocycles. The zero-order chi connectivity index (χ0) is 17.3. The first-order chi connectivity index (χ1) is 11.4. The smallest absolute Gasteiger partial charge is 0.339 e. The van der Waals surface area contributed by atoms with Crippen molar-refractivity contribution in [2.75, 3.05) is 4.90 Å². The average Bonchev–Trinajstić information content (AvgIpc) is 2.88. The molecule has 0 saturated carbocycles. The van der Waals surface area contributed by atoms with E-state index in [-0.39, 0.29) is 35.3 Å². The number of hydrogen-bond donors (Lipinski definition) is 0. The average molecular weight is 345 g/mol. The summed E-state index contributed by atoms with van der Waals surface area (Å²) in [7, 11) is -3.98. The van der Waals surface area contributed by atoms with Crippen LogP contribution in [0, 0.1) is 6.92 Å². The number of aryl methyl sites for hydroxylation is 1. The zero-order valence-corrected chi connectivity index (χ0v) is 13.7. The minimum atomic E-state index is -3.98. The molecule has 2 aromatic carbocycles. The van der Waals surface area contributed by atoms with E-state index in [1.165, 1.54) is 24.3 Å². The lowest BCUT2D eigenvalue weighted by molar-refractivity contribution is -0.121. The predicted molar refractivity (Wildman–Crippen MR) is 87.2 cm³/mol. The molecule has 0 unspecified atom stereocenters. The predicted octanol–water partition coefficient (Wildman–Crippen LogP) is 2.42. The minimum Gasteiger partial charge on any atom is -0.379 e. The highest BCUT2D eigenvalue weighted by molar-refractivity contribution is 7.87. The number of amides is 2. The molecule has 2 amide bonds. The van der Waals surface area contributed by atoms with E-state index in [4.69, 9.17) is 4.18 Å². The molecule has 0 spiro atoms. The molecule has 1 aliphatic heterocycles. The summed E-state index contributed by atoms with van der Waals surface area (Å²) >= 11 is 0. The maximum atomic E-state index is 12.3. The van der Waals surface area contributed by atoms with Crippen molar-refractivity contribution < 1.29 is 22.2 Å². The highest BCUT2D eigenvalue weighted by Crippen LogP contribution is 2.25. The molecule has 1 aliphatic rings. The van der Waals surface area contributed by atoms with Gasteiger partial charge in [-0.2, -0.15) is 8.42 Å². The van der Waals surface area contributed by atoms with E-state index in [1.54, 1.807) is 24.3 Å². The van der Waals surface area contributed by atoms with Gasteiger partial charge in [-0.25, -0.2) is 0 Å². The first kappa shape index (κ1) is 16.2. The maximum Gasteiger partial charge on any atom is 0.339 e. The topological polar surface area (TPSA) is 80.8 Å². The summed E-state index contributed by atoms with van der Waals surface area (Å²) in [6.07, 6.45) is 0.352. The van der Waals surface area contributed by atoms with Crippen molar-refractivity contribution >= 4 is 27.6 Å². The molecule has 6 nitrogen and oxygen atoms in total. The number of carbonyl (C=O) groups excluding carboxylic acids is 2. The van der Waals surface area contributed by atoms with E-state index in [0.717, 1.165) is 10.5 Å². The molecular formula is C17H15NO5S. The van der Waals surface area contributed by atoms with Crippen LogP contribution in [-0.2, 0) is 19.7 Å². The van der Waals surface area contributed by atoms with Crippen LogP contribution in [0.5, 0.6) is 5.75 Å². The molecule has 0 aromatic heterocycles. The number of nitrogens with zero attached hydrogens (tertiary/aromatic N) is 1. The Morgan fingerprint density at radius 1 is 0.875 bits per heavy atom. The largest absolute Gasteiger partial charge is 0.379 e. The second-order valence-electron chi connectivity index (χ2n) is 5.47. The highest BCUT2D eigenvalue weighted by Gasteiger charge is 2.30. The van der Waals surface area contributed by atoms with Crippen molar-refractivity contribution in [3.05, 3.63) is 54.1 Å². The van der Waals surface area contributed by atoms with Gasteiger partial charge in [-0.3, -0.25) is 14.5 Å². The van der Waals surface area contributed by atoms with E-state index in [0.29, 0.717) is 5.69 Å². The van der Waals surface area contributed by atoms with Crippen LogP contribution in [0.4, 0.5) is 5.69 Å². The van der Waals surface area contributed by atoms with Gasteiger partial charge >= 0.3 is 10.1 Å². The number of anilines is 1. The molecular weight excluding hydrogens is 330 g/mol. The summed E-state index contributed by atoms with van der Waals surface area (Å²) in [5.41, 5.74) is 1.35. The van der Waals surface area contributed by atoms with Crippen LogP contribution in [0.2, 0.25) is 0 Å². The van der Waals surface area contributed by atoms with Gasteiger partial charge in [-0.15, -0.1) is 0 Å². The SMILES string of the molecule is Cc1ccc(OS(=O)(=O)c2ccc(N3C(=O)CCC3=O)cc2)cc1. The Balaban J connectivity index is 1.83. The van der Waals surface area contributed by atoms with Crippen molar-refractivity contribution in [2.45, 2.75) is 24.7 Å². The van der Waals surface area contributed by atoms with Gasteiger partial charge in [0, 0.05) is 12.8 Å². The Morgan fingerprint density at radius 3 is 1.96 bits per heavy atom. The first-order valence-corrected chi connectivity index (χ1v) is 8.75. The monoisotopic (exact) mass is 345 g/mol. The maximum absolute atomic E-state index is 12.3. The van der Waals surface area contributed by atoms with E-state index in [2.05, 4.69) is 0 Å². The van der Waals surface area contributed by atoms with Crippen LogP contribution in [0.15, 0.2) is 53.4 Å². The van der Waals surface area contributed by atoms with Crippen molar-refractivity contribution in [3.8, 4) is 5.75 Å². The highest BCUT2D eigenvalue weighted by atomic mass is 32.2. The Labute approximate surface area is 139 Å². The van der Waals surface area contributed by atoms with Crippen LogP contribution >= 0.6 is 0 Å². The fourth-order valence-corrected chi connectivity index (χ4v) is 3.33. The summed E-state index contributed by atoms with van der Waals surface area (Å²) in [5.74, 6) is -0.354. The number of imide groups is 1. The third-order valence-electron chi connectivity index (χ3n) is 3.66. The van der Waals surface area contributed by atoms with E-state index in [1.807, 2.05) is 6.92 Å². The Morgan fingerprint density at radius 2 is 1.42 bits per heavy atom. The molecule has 124 valence electrons.